The number of aromatic nitrogens is 2. The maximum absolute atomic E-state index is 12.6. The van der Waals surface area contributed by atoms with E-state index in [4.69, 9.17) is 9.26 Å². The Hall–Kier alpha value is -2.90. The van der Waals surface area contributed by atoms with Crippen LogP contribution < -0.4 is 4.74 Å². The van der Waals surface area contributed by atoms with Crippen molar-refractivity contribution < 1.29 is 18.8 Å². The van der Waals surface area contributed by atoms with Crippen molar-refractivity contribution in [2.45, 2.75) is 32.7 Å². The van der Waals surface area contributed by atoms with Crippen LogP contribution in [0.2, 0.25) is 0 Å². The number of hydrogen-bond acceptors (Lipinski definition) is 6. The summed E-state index contributed by atoms with van der Waals surface area (Å²) in [6.07, 6.45) is 0.552. The fourth-order valence-corrected chi connectivity index (χ4v) is 3.20. The van der Waals surface area contributed by atoms with Crippen molar-refractivity contribution in [2.24, 2.45) is 0 Å². The second-order valence-corrected chi connectivity index (χ2v) is 6.55. The Morgan fingerprint density at radius 1 is 1.30 bits per heavy atom. The predicted octanol–water partition coefficient (Wildman–Crippen LogP) is 1.76. The molecule has 27 heavy (non-hydrogen) atoms. The third kappa shape index (κ3) is 4.27. The Balaban J connectivity index is 1.62. The summed E-state index contributed by atoms with van der Waals surface area (Å²) in [4.78, 5) is 32.4. The second-order valence-electron chi connectivity index (χ2n) is 6.55. The van der Waals surface area contributed by atoms with Crippen LogP contribution in [0.25, 0.3) is 11.5 Å². The van der Waals surface area contributed by atoms with Crippen molar-refractivity contribution in [3.05, 3.63) is 30.1 Å². The summed E-state index contributed by atoms with van der Waals surface area (Å²) in [6.45, 7) is 5.41. The minimum Gasteiger partial charge on any atom is -0.497 e. The SMILES string of the molecule is CCC(=O)N1CCN(C(=O)Cc2noc(-c3cccc(OC)c3)n2)C[C@@H]1C. The van der Waals surface area contributed by atoms with E-state index in [9.17, 15) is 9.59 Å². The molecule has 1 saturated heterocycles. The largest absolute Gasteiger partial charge is 0.497 e. The van der Waals surface area contributed by atoms with Crippen LogP contribution in [-0.4, -0.2) is 64.5 Å². The van der Waals surface area contributed by atoms with Gasteiger partial charge in [0.25, 0.3) is 5.89 Å². The minimum absolute atomic E-state index is 0.00719. The van der Waals surface area contributed by atoms with Crippen LogP contribution in [0.5, 0.6) is 5.75 Å². The van der Waals surface area contributed by atoms with Gasteiger partial charge in [-0.25, -0.2) is 0 Å². The molecule has 0 spiro atoms. The zero-order chi connectivity index (χ0) is 19.4. The molecule has 3 rings (SSSR count). The van der Waals surface area contributed by atoms with Crippen molar-refractivity contribution in [2.75, 3.05) is 26.7 Å². The first-order valence-corrected chi connectivity index (χ1v) is 9.06. The molecule has 1 aliphatic rings. The number of benzene rings is 1. The average Bonchev–Trinajstić information content (AvgIpc) is 3.15. The van der Waals surface area contributed by atoms with Crippen LogP contribution in [0.3, 0.4) is 0 Å². The normalized spacial score (nSPS) is 17.1. The van der Waals surface area contributed by atoms with Gasteiger partial charge in [-0.3, -0.25) is 9.59 Å². The summed E-state index contributed by atoms with van der Waals surface area (Å²) in [5.74, 6) is 1.44. The van der Waals surface area contributed by atoms with Gasteiger partial charge in [0, 0.05) is 37.7 Å². The Morgan fingerprint density at radius 2 is 2.11 bits per heavy atom. The lowest BCUT2D eigenvalue weighted by Crippen LogP contribution is -2.55. The van der Waals surface area contributed by atoms with Gasteiger partial charge in [0.1, 0.15) is 5.75 Å². The Labute approximate surface area is 158 Å². The van der Waals surface area contributed by atoms with Gasteiger partial charge in [0.05, 0.1) is 13.5 Å². The molecule has 1 fully saturated rings. The highest BCUT2D eigenvalue weighted by molar-refractivity contribution is 5.79. The van der Waals surface area contributed by atoms with Gasteiger partial charge in [-0.2, -0.15) is 4.98 Å². The lowest BCUT2D eigenvalue weighted by Gasteiger charge is -2.39. The molecule has 8 nitrogen and oxygen atoms in total. The van der Waals surface area contributed by atoms with E-state index in [2.05, 4.69) is 10.1 Å². The van der Waals surface area contributed by atoms with E-state index >= 15 is 0 Å². The molecule has 1 atom stereocenters. The number of carbonyl (C=O) groups is 2. The molecular weight excluding hydrogens is 348 g/mol. The molecule has 0 bridgehead atoms. The summed E-state index contributed by atoms with van der Waals surface area (Å²) < 4.78 is 10.5. The van der Waals surface area contributed by atoms with Crippen LogP contribution in [0.15, 0.2) is 28.8 Å². The summed E-state index contributed by atoms with van der Waals surface area (Å²) in [7, 11) is 1.59. The number of methoxy groups -OCH3 is 1. The van der Waals surface area contributed by atoms with Crippen molar-refractivity contribution >= 4 is 11.8 Å². The second kappa shape index (κ2) is 8.20. The van der Waals surface area contributed by atoms with Crippen LogP contribution in [0.1, 0.15) is 26.1 Å². The molecule has 0 aliphatic carbocycles. The monoisotopic (exact) mass is 372 g/mol. The van der Waals surface area contributed by atoms with Crippen molar-refractivity contribution in [3.8, 4) is 17.2 Å². The zero-order valence-corrected chi connectivity index (χ0v) is 15.8. The number of rotatable bonds is 5. The van der Waals surface area contributed by atoms with Crippen molar-refractivity contribution in [1.29, 1.82) is 0 Å². The quantitative estimate of drug-likeness (QED) is 0.795. The van der Waals surface area contributed by atoms with Gasteiger partial charge in [0.2, 0.25) is 11.8 Å². The van der Waals surface area contributed by atoms with Gasteiger partial charge in [0.15, 0.2) is 5.82 Å². The number of amides is 2. The van der Waals surface area contributed by atoms with Gasteiger partial charge >= 0.3 is 0 Å². The van der Waals surface area contributed by atoms with E-state index in [-0.39, 0.29) is 24.3 Å². The first-order chi connectivity index (χ1) is 13.0. The molecule has 2 aromatic rings. The fraction of sp³-hybridized carbons (Fsp3) is 0.474. The molecule has 8 heteroatoms. The molecule has 1 aliphatic heterocycles. The van der Waals surface area contributed by atoms with E-state index in [1.807, 2.05) is 36.9 Å². The van der Waals surface area contributed by atoms with Gasteiger partial charge in [-0.05, 0) is 25.1 Å². The number of nitrogens with zero attached hydrogens (tertiary/aromatic N) is 4. The lowest BCUT2D eigenvalue weighted by molar-refractivity contribution is -0.142. The maximum Gasteiger partial charge on any atom is 0.258 e. The number of ether oxygens (including phenoxy) is 1. The number of carbonyl (C=O) groups excluding carboxylic acids is 2. The van der Waals surface area contributed by atoms with Crippen molar-refractivity contribution in [3.63, 3.8) is 0 Å². The Bertz CT molecular complexity index is 820. The minimum atomic E-state index is -0.0663. The third-order valence-corrected chi connectivity index (χ3v) is 4.70. The number of piperazine rings is 1. The summed E-state index contributed by atoms with van der Waals surface area (Å²) in [5, 5.41) is 3.92. The average molecular weight is 372 g/mol. The molecule has 1 aromatic carbocycles. The van der Waals surface area contributed by atoms with E-state index in [0.717, 1.165) is 5.56 Å². The summed E-state index contributed by atoms with van der Waals surface area (Å²) >= 11 is 0. The summed E-state index contributed by atoms with van der Waals surface area (Å²) in [6, 6.07) is 7.31. The predicted molar refractivity (Wildman–Crippen MR) is 98.0 cm³/mol. The maximum atomic E-state index is 12.6. The molecule has 0 N–H and O–H groups in total. The van der Waals surface area contributed by atoms with Crippen LogP contribution in [-0.2, 0) is 16.0 Å². The Kier molecular flexibility index (Phi) is 5.73. The molecule has 2 amide bonds. The highest BCUT2D eigenvalue weighted by Crippen LogP contribution is 2.22. The van der Waals surface area contributed by atoms with E-state index < -0.39 is 0 Å². The van der Waals surface area contributed by atoms with E-state index in [1.54, 1.807) is 18.1 Å². The molecule has 144 valence electrons. The smallest absolute Gasteiger partial charge is 0.258 e. The van der Waals surface area contributed by atoms with Crippen LogP contribution in [0, 0.1) is 0 Å². The molecule has 0 radical (unpaired) electrons. The fourth-order valence-electron chi connectivity index (χ4n) is 3.20. The first kappa shape index (κ1) is 18.9. The van der Waals surface area contributed by atoms with Gasteiger partial charge in [-0.1, -0.05) is 18.1 Å². The zero-order valence-electron chi connectivity index (χ0n) is 15.8. The van der Waals surface area contributed by atoms with Gasteiger partial charge < -0.3 is 19.1 Å². The van der Waals surface area contributed by atoms with Crippen LogP contribution in [0.4, 0.5) is 0 Å². The molecule has 2 heterocycles. The molecule has 0 saturated carbocycles. The highest BCUT2D eigenvalue weighted by atomic mass is 16.5. The Morgan fingerprint density at radius 3 is 2.81 bits per heavy atom. The number of hydrogen-bond donors (Lipinski definition) is 0. The molecular formula is C19H24N4O4. The van der Waals surface area contributed by atoms with Crippen LogP contribution >= 0.6 is 0 Å². The van der Waals surface area contributed by atoms with Crippen molar-refractivity contribution in [1.82, 2.24) is 19.9 Å². The molecule has 0 unspecified atom stereocenters. The van der Waals surface area contributed by atoms with Gasteiger partial charge in [-0.15, -0.1) is 0 Å². The summed E-state index contributed by atoms with van der Waals surface area (Å²) in [5.41, 5.74) is 0.737. The standard InChI is InChI=1S/C19H24N4O4/c1-4-17(24)23-9-8-22(12-13(23)2)18(25)11-16-20-19(27-21-16)14-6-5-7-15(10-14)26-3/h5-7,10,13H,4,8-9,11-12H2,1-3H3/t13-/m0/s1. The van der Waals surface area contributed by atoms with E-state index in [1.165, 1.54) is 0 Å². The highest BCUT2D eigenvalue weighted by Gasteiger charge is 2.29. The lowest BCUT2D eigenvalue weighted by atomic mass is 10.1. The van der Waals surface area contributed by atoms with E-state index in [0.29, 0.717) is 43.5 Å². The molecule has 1 aromatic heterocycles. The third-order valence-electron chi connectivity index (χ3n) is 4.70. The topological polar surface area (TPSA) is 88.8 Å². The first-order valence-electron chi connectivity index (χ1n) is 9.06.